The van der Waals surface area contributed by atoms with Gasteiger partial charge >= 0.3 is 0 Å². The summed E-state index contributed by atoms with van der Waals surface area (Å²) in [7, 11) is 0. The van der Waals surface area contributed by atoms with Gasteiger partial charge < -0.3 is 5.11 Å². The van der Waals surface area contributed by atoms with Crippen LogP contribution in [0.1, 0.15) is 73.6 Å². The van der Waals surface area contributed by atoms with Crippen molar-refractivity contribution in [2.24, 2.45) is 29.6 Å². The summed E-state index contributed by atoms with van der Waals surface area (Å²) >= 11 is 0. The molecule has 0 aromatic heterocycles. The van der Waals surface area contributed by atoms with Crippen LogP contribution in [0.25, 0.3) is 0 Å². The molecule has 148 valence electrons. The zero-order chi connectivity index (χ0) is 20.2. The smallest absolute Gasteiger partial charge is 0.192 e. The minimum Gasteiger partial charge on any atom is -0.374 e. The van der Waals surface area contributed by atoms with Crippen molar-refractivity contribution < 1.29 is 24.3 Å². The Bertz CT molecular complexity index is 561. The van der Waals surface area contributed by atoms with Crippen LogP contribution in [0.5, 0.6) is 0 Å². The fraction of sp³-hybridized carbons (Fsp3) is 0.810. The third-order valence-electron chi connectivity index (χ3n) is 5.11. The van der Waals surface area contributed by atoms with E-state index in [9.17, 15) is 24.3 Å². The van der Waals surface area contributed by atoms with Crippen LogP contribution < -0.4 is 0 Å². The molecule has 5 nitrogen and oxygen atoms in total. The van der Waals surface area contributed by atoms with Crippen LogP contribution in [-0.2, 0) is 19.2 Å². The molecule has 0 heterocycles. The Hall–Kier alpha value is -1.36. The van der Waals surface area contributed by atoms with Crippen LogP contribution in [0.2, 0.25) is 0 Å². The average molecular weight is 366 g/mol. The SMILES string of the molecule is CC(C)CCC(=O)C1(O)C(=O)C(C(=O)CC(C)C)C(=O)[C@H]1CCC(C)C. The van der Waals surface area contributed by atoms with Gasteiger partial charge in [-0.2, -0.15) is 0 Å². The maximum Gasteiger partial charge on any atom is 0.192 e. The highest BCUT2D eigenvalue weighted by atomic mass is 16.3. The fourth-order valence-electron chi connectivity index (χ4n) is 3.55. The quantitative estimate of drug-likeness (QED) is 0.600. The van der Waals surface area contributed by atoms with Gasteiger partial charge in [0, 0.05) is 12.8 Å². The Morgan fingerprint density at radius 2 is 1.50 bits per heavy atom. The van der Waals surface area contributed by atoms with Gasteiger partial charge in [0.25, 0.3) is 0 Å². The molecule has 1 N–H and O–H groups in total. The molecule has 26 heavy (non-hydrogen) atoms. The Kier molecular flexibility index (Phi) is 7.87. The molecule has 0 radical (unpaired) electrons. The lowest BCUT2D eigenvalue weighted by Gasteiger charge is -2.26. The normalized spacial score (nSPS) is 26.4. The average Bonchev–Trinajstić information content (AvgIpc) is 2.69. The first-order chi connectivity index (χ1) is 11.9. The lowest BCUT2D eigenvalue weighted by molar-refractivity contribution is -0.154. The second-order valence-electron chi connectivity index (χ2n) is 8.91. The molecule has 3 atom stereocenters. The second kappa shape index (κ2) is 9.03. The number of Topliss-reactive ketones (excluding diaryl/α,β-unsaturated/α-hetero) is 4. The summed E-state index contributed by atoms with van der Waals surface area (Å²) in [5.74, 6) is -4.63. The number of hydrogen-bond acceptors (Lipinski definition) is 5. The predicted molar refractivity (Wildman–Crippen MR) is 99.6 cm³/mol. The van der Waals surface area contributed by atoms with Crippen LogP contribution in [0.3, 0.4) is 0 Å². The van der Waals surface area contributed by atoms with Gasteiger partial charge in [0.1, 0.15) is 5.92 Å². The third kappa shape index (κ3) is 4.87. The van der Waals surface area contributed by atoms with Gasteiger partial charge in [-0.15, -0.1) is 0 Å². The topological polar surface area (TPSA) is 88.5 Å². The lowest BCUT2D eigenvalue weighted by atomic mass is 9.79. The van der Waals surface area contributed by atoms with E-state index in [0.717, 1.165) is 0 Å². The van der Waals surface area contributed by atoms with Crippen molar-refractivity contribution >= 4 is 23.1 Å². The van der Waals surface area contributed by atoms with E-state index in [0.29, 0.717) is 12.8 Å². The van der Waals surface area contributed by atoms with E-state index < -0.39 is 40.6 Å². The molecular weight excluding hydrogens is 332 g/mol. The first-order valence-electron chi connectivity index (χ1n) is 9.79. The summed E-state index contributed by atoms with van der Waals surface area (Å²) in [6.45, 7) is 11.5. The number of hydrogen-bond donors (Lipinski definition) is 1. The van der Waals surface area contributed by atoms with Crippen LogP contribution in [-0.4, -0.2) is 33.8 Å². The first kappa shape index (κ1) is 22.7. The summed E-state index contributed by atoms with van der Waals surface area (Å²) < 4.78 is 0. The molecule has 1 aliphatic rings. The van der Waals surface area contributed by atoms with Crippen LogP contribution >= 0.6 is 0 Å². The first-order valence-corrected chi connectivity index (χ1v) is 9.79. The molecule has 1 aliphatic carbocycles. The molecule has 1 fully saturated rings. The van der Waals surface area contributed by atoms with E-state index in [1.165, 1.54) is 0 Å². The highest BCUT2D eigenvalue weighted by molar-refractivity contribution is 6.33. The van der Waals surface area contributed by atoms with E-state index in [-0.39, 0.29) is 37.0 Å². The number of rotatable bonds is 10. The Morgan fingerprint density at radius 1 is 0.962 bits per heavy atom. The number of ketones is 4. The fourth-order valence-corrected chi connectivity index (χ4v) is 3.55. The second-order valence-corrected chi connectivity index (χ2v) is 8.91. The molecule has 0 aromatic carbocycles. The highest BCUT2D eigenvalue weighted by Crippen LogP contribution is 2.40. The number of carbonyl (C=O) groups excluding carboxylic acids is 4. The standard InChI is InChI=1S/C21H34O5/c1-12(2)7-9-15-19(24)18(16(22)11-14(5)6)20(25)21(15,26)17(23)10-8-13(3)4/h12-15,18,26H,7-11H2,1-6H3/t15-,18?,21?/m1/s1. The summed E-state index contributed by atoms with van der Waals surface area (Å²) in [4.78, 5) is 51.0. The zero-order valence-corrected chi connectivity index (χ0v) is 17.0. The molecule has 0 aliphatic heterocycles. The summed E-state index contributed by atoms with van der Waals surface area (Å²) in [6, 6.07) is 0. The molecule has 0 amide bonds. The molecule has 0 saturated heterocycles. The van der Waals surface area contributed by atoms with Crippen LogP contribution in [0.4, 0.5) is 0 Å². The van der Waals surface area contributed by atoms with Crippen molar-refractivity contribution in [2.45, 2.75) is 79.2 Å². The minimum absolute atomic E-state index is 0.00236. The molecule has 5 heteroatoms. The molecular formula is C21H34O5. The molecule has 1 rings (SSSR count). The zero-order valence-electron chi connectivity index (χ0n) is 17.0. The van der Waals surface area contributed by atoms with E-state index in [4.69, 9.17) is 0 Å². The largest absolute Gasteiger partial charge is 0.374 e. The summed E-state index contributed by atoms with van der Waals surface area (Å²) in [5.41, 5.74) is -2.34. The van der Waals surface area contributed by atoms with Crippen LogP contribution in [0.15, 0.2) is 0 Å². The van der Waals surface area contributed by atoms with Gasteiger partial charge in [-0.05, 0) is 30.6 Å². The highest BCUT2D eigenvalue weighted by Gasteiger charge is 2.64. The maximum atomic E-state index is 12.9. The van der Waals surface area contributed by atoms with E-state index in [2.05, 4.69) is 0 Å². The van der Waals surface area contributed by atoms with Gasteiger partial charge in [0.15, 0.2) is 28.7 Å². The van der Waals surface area contributed by atoms with Crippen molar-refractivity contribution in [3.8, 4) is 0 Å². The lowest BCUT2D eigenvalue weighted by Crippen LogP contribution is -2.50. The monoisotopic (exact) mass is 366 g/mol. The molecule has 2 unspecified atom stereocenters. The van der Waals surface area contributed by atoms with E-state index in [1.54, 1.807) is 0 Å². The van der Waals surface area contributed by atoms with Crippen LogP contribution in [0, 0.1) is 29.6 Å². The van der Waals surface area contributed by atoms with Gasteiger partial charge in [-0.3, -0.25) is 19.2 Å². The Balaban J connectivity index is 3.19. The van der Waals surface area contributed by atoms with E-state index >= 15 is 0 Å². The summed E-state index contributed by atoms with van der Waals surface area (Å²) in [6.07, 6.45) is 1.52. The minimum atomic E-state index is -2.34. The predicted octanol–water partition coefficient (Wildman–Crippen LogP) is 3.16. The Labute approximate surface area is 156 Å². The maximum absolute atomic E-state index is 12.9. The molecule has 0 bridgehead atoms. The van der Waals surface area contributed by atoms with Crippen molar-refractivity contribution in [1.82, 2.24) is 0 Å². The van der Waals surface area contributed by atoms with Gasteiger partial charge in [-0.1, -0.05) is 48.0 Å². The van der Waals surface area contributed by atoms with Gasteiger partial charge in [-0.25, -0.2) is 0 Å². The number of aliphatic hydroxyl groups is 1. The van der Waals surface area contributed by atoms with Crippen molar-refractivity contribution in [3.63, 3.8) is 0 Å². The molecule has 0 aromatic rings. The van der Waals surface area contributed by atoms with Crippen molar-refractivity contribution in [3.05, 3.63) is 0 Å². The van der Waals surface area contributed by atoms with Gasteiger partial charge in [0.2, 0.25) is 0 Å². The van der Waals surface area contributed by atoms with Gasteiger partial charge in [0.05, 0.1) is 5.92 Å². The summed E-state index contributed by atoms with van der Waals surface area (Å²) in [5, 5.41) is 11.1. The molecule has 0 spiro atoms. The Morgan fingerprint density at radius 3 is 1.96 bits per heavy atom. The van der Waals surface area contributed by atoms with Crippen molar-refractivity contribution in [1.29, 1.82) is 0 Å². The van der Waals surface area contributed by atoms with E-state index in [1.807, 2.05) is 41.5 Å². The molecule has 1 saturated carbocycles. The van der Waals surface area contributed by atoms with Crippen molar-refractivity contribution in [2.75, 3.05) is 0 Å². The third-order valence-corrected chi connectivity index (χ3v) is 5.11. The number of carbonyl (C=O) groups is 4.